The van der Waals surface area contributed by atoms with Crippen LogP contribution in [-0.2, 0) is 0 Å². The Labute approximate surface area is 125 Å². The molecule has 0 saturated carbocycles. The molecule has 0 aliphatic carbocycles. The van der Waals surface area contributed by atoms with Gasteiger partial charge in [0.15, 0.2) is 0 Å². The average molecular weight is 274 g/mol. The van der Waals surface area contributed by atoms with Crippen LogP contribution in [0.1, 0.15) is 16.6 Å². The van der Waals surface area contributed by atoms with Gasteiger partial charge in [-0.15, -0.1) is 0 Å². The second-order valence-corrected chi connectivity index (χ2v) is 3.93. The Kier molecular flexibility index (Phi) is 3.16. The molecule has 20 heavy (non-hydrogen) atoms. The van der Waals surface area contributed by atoms with Crippen molar-refractivity contribution in [3.63, 3.8) is 0 Å². The first kappa shape index (κ1) is 9.48. The molecule has 0 saturated heterocycles. The molecule has 3 heteroatoms. The summed E-state index contributed by atoms with van der Waals surface area (Å²) in [5.74, 6) is 1.16. The van der Waals surface area contributed by atoms with Crippen molar-refractivity contribution in [2.24, 2.45) is 0 Å². The van der Waals surface area contributed by atoms with Gasteiger partial charge in [-0.3, -0.25) is 0 Å². The van der Waals surface area contributed by atoms with E-state index in [2.05, 4.69) is 0 Å². The molecule has 0 atom stereocenters. The molecule has 0 N–H and O–H groups in total. The lowest BCUT2D eigenvalue weighted by Crippen LogP contribution is -1.88. The number of rotatable bonds is 5. The third-order valence-electron chi connectivity index (χ3n) is 2.64. The molecule has 0 bridgehead atoms. The fraction of sp³-hybridized carbons (Fsp3) is 0.176. The van der Waals surface area contributed by atoms with Crippen molar-refractivity contribution < 1.29 is 19.7 Å². The normalized spacial score (nSPS) is 13.3. The van der Waals surface area contributed by atoms with Crippen molar-refractivity contribution in [3.05, 3.63) is 53.5 Å². The molecule has 0 heterocycles. The van der Waals surface area contributed by atoms with E-state index < -0.39 is 0 Å². The zero-order valence-corrected chi connectivity index (χ0v) is 11.6. The topological polar surface area (TPSA) is 27.7 Å². The average Bonchev–Trinajstić information content (AvgIpc) is 2.60. The van der Waals surface area contributed by atoms with Gasteiger partial charge in [0.25, 0.3) is 0 Å². The molecule has 0 fully saturated rings. The van der Waals surface area contributed by atoms with Gasteiger partial charge in [0.1, 0.15) is 17.2 Å². The summed E-state index contributed by atoms with van der Waals surface area (Å²) >= 11 is 0. The van der Waals surface area contributed by atoms with Gasteiger partial charge in [0, 0.05) is 6.07 Å². The van der Waals surface area contributed by atoms with E-state index >= 15 is 0 Å². The van der Waals surface area contributed by atoms with Crippen LogP contribution >= 0.6 is 0 Å². The van der Waals surface area contributed by atoms with Gasteiger partial charge in [-0.25, -0.2) is 0 Å². The lowest BCUT2D eigenvalue weighted by atomic mass is 10.1. The Balaban J connectivity index is 2.50. The Morgan fingerprint density at radius 1 is 0.700 bits per heavy atom. The molecule has 0 aliphatic heterocycles. The van der Waals surface area contributed by atoms with E-state index in [0.29, 0.717) is 11.5 Å². The molecular weight excluding hydrogens is 252 g/mol. The molecule has 0 spiro atoms. The largest absolute Gasteiger partial charge is 0.497 e. The minimum atomic E-state index is -0.207. The summed E-state index contributed by atoms with van der Waals surface area (Å²) in [6.45, 7) is 0. The van der Waals surface area contributed by atoms with Crippen LogP contribution < -0.4 is 14.2 Å². The monoisotopic (exact) mass is 274 g/mol. The smallest absolute Gasteiger partial charge is 0.123 e. The van der Waals surface area contributed by atoms with Crippen LogP contribution in [0.5, 0.6) is 17.2 Å². The van der Waals surface area contributed by atoms with Crippen LogP contribution in [0.3, 0.4) is 0 Å². The number of ether oxygens (including phenoxy) is 3. The van der Waals surface area contributed by atoms with Gasteiger partial charge in [-0.1, -0.05) is 24.2 Å². The van der Waals surface area contributed by atoms with E-state index in [1.165, 1.54) is 13.2 Å². The standard InChI is InChI=1S/C17H18O3/c1-18-15-8-6-13(7-9-15)4-5-14-10-16(19-2)12-17(11-14)20-3/h4-12H,1-3H3/b5-4+/i6D,7D,8D,9D. The first-order valence-electron chi connectivity index (χ1n) is 7.98. The van der Waals surface area contributed by atoms with Gasteiger partial charge in [-0.2, -0.15) is 0 Å². The third kappa shape index (κ3) is 3.54. The highest BCUT2D eigenvalue weighted by Crippen LogP contribution is 2.24. The summed E-state index contributed by atoms with van der Waals surface area (Å²) in [5, 5.41) is 0. The molecule has 0 radical (unpaired) electrons. The predicted molar refractivity (Wildman–Crippen MR) is 81.5 cm³/mol. The first-order valence-corrected chi connectivity index (χ1v) is 5.98. The molecule has 0 aliphatic rings. The second-order valence-electron chi connectivity index (χ2n) is 3.93. The maximum atomic E-state index is 8.03. The molecular formula is C17H18O3. The number of hydrogen-bond acceptors (Lipinski definition) is 3. The van der Waals surface area contributed by atoms with Gasteiger partial charge < -0.3 is 14.2 Å². The second kappa shape index (κ2) is 6.66. The van der Waals surface area contributed by atoms with Crippen molar-refractivity contribution in [2.45, 2.75) is 0 Å². The molecule has 0 unspecified atom stereocenters. The molecule has 2 aromatic rings. The highest BCUT2D eigenvalue weighted by atomic mass is 16.5. The summed E-state index contributed by atoms with van der Waals surface area (Å²) in [5.41, 5.74) is 0.937. The van der Waals surface area contributed by atoms with Crippen LogP contribution in [0.4, 0.5) is 0 Å². The fourth-order valence-electron chi connectivity index (χ4n) is 1.60. The summed E-state index contributed by atoms with van der Waals surface area (Å²) in [6, 6.07) is 4.57. The van der Waals surface area contributed by atoms with E-state index in [9.17, 15) is 0 Å². The predicted octanol–water partition coefficient (Wildman–Crippen LogP) is 3.88. The number of benzene rings is 2. The van der Waals surface area contributed by atoms with Crippen molar-refractivity contribution in [2.75, 3.05) is 21.3 Å². The fourth-order valence-corrected chi connectivity index (χ4v) is 1.60. The van der Waals surface area contributed by atoms with Crippen LogP contribution in [-0.4, -0.2) is 21.3 Å². The summed E-state index contributed by atoms with van der Waals surface area (Å²) < 4.78 is 47.2. The zero-order valence-electron chi connectivity index (χ0n) is 15.6. The van der Waals surface area contributed by atoms with Crippen LogP contribution in [0.2, 0.25) is 0 Å². The van der Waals surface area contributed by atoms with E-state index in [1.54, 1.807) is 38.5 Å². The quantitative estimate of drug-likeness (QED) is 0.774. The highest BCUT2D eigenvalue weighted by molar-refractivity contribution is 5.71. The Bertz CT molecular complexity index is 737. The van der Waals surface area contributed by atoms with Gasteiger partial charge in [0.2, 0.25) is 0 Å². The van der Waals surface area contributed by atoms with Crippen molar-refractivity contribution in [3.8, 4) is 17.2 Å². The van der Waals surface area contributed by atoms with Crippen LogP contribution in [0.15, 0.2) is 42.4 Å². The van der Waals surface area contributed by atoms with Crippen molar-refractivity contribution in [1.29, 1.82) is 0 Å². The highest BCUT2D eigenvalue weighted by Gasteiger charge is 1.99. The number of hydrogen-bond donors (Lipinski definition) is 0. The summed E-state index contributed by atoms with van der Waals surface area (Å²) in [7, 11) is 4.42. The lowest BCUT2D eigenvalue weighted by molar-refractivity contribution is 0.394. The molecule has 2 aromatic carbocycles. The molecule has 0 amide bonds. The van der Waals surface area contributed by atoms with Crippen molar-refractivity contribution >= 4 is 12.2 Å². The maximum absolute atomic E-state index is 8.03. The summed E-state index contributed by atoms with van der Waals surface area (Å²) in [4.78, 5) is 0. The van der Waals surface area contributed by atoms with E-state index in [-0.39, 0.29) is 35.5 Å². The lowest BCUT2D eigenvalue weighted by Gasteiger charge is -2.05. The van der Waals surface area contributed by atoms with Crippen LogP contribution in [0, 0.1) is 0 Å². The van der Waals surface area contributed by atoms with E-state index in [0.717, 1.165) is 5.56 Å². The SMILES string of the molecule is [2H]c1c([2H])c(OC)c([2H])c([2H])c1/C=C/c1cc(OC)cc(OC)c1. The summed E-state index contributed by atoms with van der Waals surface area (Å²) in [6.07, 6.45) is 3.22. The third-order valence-corrected chi connectivity index (χ3v) is 2.64. The zero-order chi connectivity index (χ0) is 17.9. The molecule has 104 valence electrons. The Morgan fingerprint density at radius 3 is 1.70 bits per heavy atom. The molecule has 2 rings (SSSR count). The Morgan fingerprint density at radius 2 is 1.20 bits per heavy atom. The van der Waals surface area contributed by atoms with E-state index in [4.69, 9.17) is 19.7 Å². The van der Waals surface area contributed by atoms with Gasteiger partial charge in [-0.05, 0) is 35.3 Å². The number of methoxy groups -OCH3 is 3. The Hall–Kier alpha value is -2.42. The molecule has 3 nitrogen and oxygen atoms in total. The van der Waals surface area contributed by atoms with Crippen molar-refractivity contribution in [1.82, 2.24) is 0 Å². The first-order chi connectivity index (χ1) is 11.4. The van der Waals surface area contributed by atoms with Gasteiger partial charge >= 0.3 is 0 Å². The minimum absolute atomic E-state index is 0.0646. The minimum Gasteiger partial charge on any atom is -0.497 e. The van der Waals surface area contributed by atoms with Crippen LogP contribution in [0.25, 0.3) is 12.2 Å². The van der Waals surface area contributed by atoms with E-state index in [1.807, 2.05) is 0 Å². The molecule has 0 aromatic heterocycles. The maximum Gasteiger partial charge on any atom is 0.123 e. The van der Waals surface area contributed by atoms with Gasteiger partial charge in [0.05, 0.1) is 26.8 Å².